The van der Waals surface area contributed by atoms with Crippen LogP contribution in [0.3, 0.4) is 0 Å². The molecule has 4 rings (SSSR count). The Morgan fingerprint density at radius 1 is 0.829 bits per heavy atom. The highest BCUT2D eigenvalue weighted by atomic mass is 32.2. The zero-order valence-corrected chi connectivity index (χ0v) is 23.1. The number of hydrogen-bond donors (Lipinski definition) is 1. The van der Waals surface area contributed by atoms with Crippen LogP contribution in [0.4, 0.5) is 5.69 Å². The molecule has 0 spiro atoms. The molecular formula is C30H27N3O7S. The molecular weight excluding hydrogens is 546 g/mol. The van der Waals surface area contributed by atoms with Gasteiger partial charge < -0.3 is 14.2 Å². The first-order valence-electron chi connectivity index (χ1n) is 12.3. The van der Waals surface area contributed by atoms with Gasteiger partial charge >= 0.3 is 5.97 Å². The normalized spacial score (nSPS) is 11.1. The third-order valence-electron chi connectivity index (χ3n) is 5.78. The Hall–Kier alpha value is -5.16. The van der Waals surface area contributed by atoms with Crippen molar-refractivity contribution in [2.45, 2.75) is 4.90 Å². The lowest BCUT2D eigenvalue weighted by atomic mass is 10.2. The average molecular weight is 574 g/mol. The second kappa shape index (κ2) is 13.3. The molecule has 4 aromatic carbocycles. The zero-order chi connectivity index (χ0) is 29.2. The number of methoxy groups -OCH3 is 2. The van der Waals surface area contributed by atoms with Crippen LogP contribution in [0.2, 0.25) is 0 Å². The van der Waals surface area contributed by atoms with E-state index in [1.807, 2.05) is 0 Å². The number of carbonyl (C=O) groups is 2. The third-order valence-corrected chi connectivity index (χ3v) is 7.55. The summed E-state index contributed by atoms with van der Waals surface area (Å²) in [5.41, 5.74) is 3.51. The molecule has 0 aliphatic carbocycles. The second-order valence-electron chi connectivity index (χ2n) is 8.48. The smallest absolute Gasteiger partial charge is 0.343 e. The molecule has 210 valence electrons. The Balaban J connectivity index is 1.48. The van der Waals surface area contributed by atoms with Crippen LogP contribution in [-0.4, -0.2) is 47.3 Å². The van der Waals surface area contributed by atoms with Gasteiger partial charge in [-0.05, 0) is 66.2 Å². The van der Waals surface area contributed by atoms with Crippen LogP contribution in [0, 0.1) is 0 Å². The molecule has 4 aromatic rings. The minimum Gasteiger partial charge on any atom is -0.497 e. The van der Waals surface area contributed by atoms with Crippen molar-refractivity contribution in [1.82, 2.24) is 5.43 Å². The van der Waals surface area contributed by atoms with Gasteiger partial charge in [-0.2, -0.15) is 5.10 Å². The quantitative estimate of drug-likeness (QED) is 0.123. The summed E-state index contributed by atoms with van der Waals surface area (Å²) in [5, 5.41) is 3.95. The summed E-state index contributed by atoms with van der Waals surface area (Å²) >= 11 is 0. The monoisotopic (exact) mass is 573 g/mol. The molecule has 0 atom stereocenters. The Kier molecular flexibility index (Phi) is 9.33. The van der Waals surface area contributed by atoms with Crippen LogP contribution in [-0.2, 0) is 14.8 Å². The van der Waals surface area contributed by atoms with E-state index in [2.05, 4.69) is 10.5 Å². The minimum absolute atomic E-state index is 0.00534. The van der Waals surface area contributed by atoms with Crippen LogP contribution < -0.4 is 23.9 Å². The second-order valence-corrected chi connectivity index (χ2v) is 10.3. The number of hydrazone groups is 1. The number of nitrogens with zero attached hydrogens (tertiary/aromatic N) is 2. The molecule has 0 aliphatic heterocycles. The van der Waals surface area contributed by atoms with Crippen molar-refractivity contribution in [3.63, 3.8) is 0 Å². The van der Waals surface area contributed by atoms with E-state index < -0.39 is 28.4 Å². The van der Waals surface area contributed by atoms with Crippen LogP contribution in [0.1, 0.15) is 15.9 Å². The lowest BCUT2D eigenvalue weighted by Gasteiger charge is -2.25. The highest BCUT2D eigenvalue weighted by Gasteiger charge is 2.29. The van der Waals surface area contributed by atoms with E-state index in [-0.39, 0.29) is 16.3 Å². The lowest BCUT2D eigenvalue weighted by Crippen LogP contribution is -2.39. The standard InChI is InChI=1S/C30H27N3O7S/c1-38-25-17-18-28(39-2)27(19-25)33(41(36,37)26-11-7-4-8-12-26)21-29(34)32-31-20-22-13-15-24(16-14-22)40-30(35)23-9-5-3-6-10-23/h3-20H,21H2,1-2H3,(H,32,34)/b31-20-. The summed E-state index contributed by atoms with van der Waals surface area (Å²) in [6.45, 7) is -0.591. The van der Waals surface area contributed by atoms with Gasteiger partial charge in [0.15, 0.2) is 0 Å². The van der Waals surface area contributed by atoms with E-state index in [9.17, 15) is 18.0 Å². The predicted octanol–water partition coefficient (Wildman–Crippen LogP) is 4.27. The number of benzene rings is 4. The number of anilines is 1. The fraction of sp³-hybridized carbons (Fsp3) is 0.100. The van der Waals surface area contributed by atoms with Crippen molar-refractivity contribution < 1.29 is 32.2 Å². The first-order valence-corrected chi connectivity index (χ1v) is 13.7. The summed E-state index contributed by atoms with van der Waals surface area (Å²) in [7, 11) is -1.33. The Morgan fingerprint density at radius 3 is 2.10 bits per heavy atom. The number of carbonyl (C=O) groups excluding carboxylic acids is 2. The molecule has 0 saturated heterocycles. The van der Waals surface area contributed by atoms with E-state index in [0.29, 0.717) is 22.6 Å². The molecule has 1 N–H and O–H groups in total. The summed E-state index contributed by atoms with van der Waals surface area (Å²) in [5.74, 6) is -0.227. The number of esters is 1. The summed E-state index contributed by atoms with van der Waals surface area (Å²) in [6, 6.07) is 27.5. The van der Waals surface area contributed by atoms with Gasteiger partial charge in [0.05, 0.1) is 36.6 Å². The van der Waals surface area contributed by atoms with Gasteiger partial charge in [-0.1, -0.05) is 36.4 Å². The molecule has 0 unspecified atom stereocenters. The molecule has 0 radical (unpaired) electrons. The van der Waals surface area contributed by atoms with E-state index in [0.717, 1.165) is 4.31 Å². The summed E-state index contributed by atoms with van der Waals surface area (Å²) in [4.78, 5) is 25.1. The van der Waals surface area contributed by atoms with E-state index in [1.165, 1.54) is 38.6 Å². The number of hydrogen-bond acceptors (Lipinski definition) is 8. The maximum Gasteiger partial charge on any atom is 0.343 e. The molecule has 0 fully saturated rings. The highest BCUT2D eigenvalue weighted by Crippen LogP contribution is 2.35. The molecule has 41 heavy (non-hydrogen) atoms. The Bertz CT molecular complexity index is 1630. The van der Waals surface area contributed by atoms with Crippen molar-refractivity contribution in [1.29, 1.82) is 0 Å². The van der Waals surface area contributed by atoms with Crippen LogP contribution >= 0.6 is 0 Å². The highest BCUT2D eigenvalue weighted by molar-refractivity contribution is 7.92. The maximum absolute atomic E-state index is 13.6. The summed E-state index contributed by atoms with van der Waals surface area (Å²) < 4.78 is 44.1. The van der Waals surface area contributed by atoms with Crippen molar-refractivity contribution >= 4 is 33.8 Å². The average Bonchev–Trinajstić information content (AvgIpc) is 3.01. The predicted molar refractivity (Wildman–Crippen MR) is 154 cm³/mol. The Morgan fingerprint density at radius 2 is 1.46 bits per heavy atom. The van der Waals surface area contributed by atoms with Crippen LogP contribution in [0.15, 0.2) is 113 Å². The Labute approximate surface area is 237 Å². The minimum atomic E-state index is -4.18. The van der Waals surface area contributed by atoms with E-state index >= 15 is 0 Å². The molecule has 10 nitrogen and oxygen atoms in total. The fourth-order valence-electron chi connectivity index (χ4n) is 3.72. The van der Waals surface area contributed by atoms with Crippen molar-refractivity contribution in [2.75, 3.05) is 25.1 Å². The molecule has 1 amide bonds. The topological polar surface area (TPSA) is 124 Å². The zero-order valence-electron chi connectivity index (χ0n) is 22.3. The van der Waals surface area contributed by atoms with Gasteiger partial charge in [-0.3, -0.25) is 9.10 Å². The first-order chi connectivity index (χ1) is 19.8. The SMILES string of the molecule is COc1ccc(OC)c(N(CC(=O)N/N=C\c2ccc(OC(=O)c3ccccc3)cc2)S(=O)(=O)c2ccccc2)c1. The van der Waals surface area contributed by atoms with E-state index in [1.54, 1.807) is 84.9 Å². The van der Waals surface area contributed by atoms with Crippen molar-refractivity contribution in [2.24, 2.45) is 5.10 Å². The van der Waals surface area contributed by atoms with Gasteiger partial charge in [0, 0.05) is 6.07 Å². The summed E-state index contributed by atoms with van der Waals surface area (Å²) in [6.07, 6.45) is 1.38. The molecule has 0 heterocycles. The lowest BCUT2D eigenvalue weighted by molar-refractivity contribution is -0.119. The molecule has 11 heteroatoms. The van der Waals surface area contributed by atoms with Gasteiger partial charge in [0.2, 0.25) is 0 Å². The number of sulfonamides is 1. The van der Waals surface area contributed by atoms with Crippen molar-refractivity contribution in [3.8, 4) is 17.2 Å². The molecule has 0 aromatic heterocycles. The van der Waals surface area contributed by atoms with Crippen LogP contribution in [0.25, 0.3) is 0 Å². The molecule has 0 bridgehead atoms. The number of amides is 1. The van der Waals surface area contributed by atoms with Crippen molar-refractivity contribution in [3.05, 3.63) is 114 Å². The largest absolute Gasteiger partial charge is 0.497 e. The van der Waals surface area contributed by atoms with Gasteiger partial charge in [-0.15, -0.1) is 0 Å². The van der Waals surface area contributed by atoms with E-state index in [4.69, 9.17) is 14.2 Å². The van der Waals surface area contributed by atoms with Gasteiger partial charge in [0.25, 0.3) is 15.9 Å². The number of rotatable bonds is 11. The number of nitrogens with one attached hydrogen (secondary N) is 1. The molecule has 0 saturated carbocycles. The first kappa shape index (κ1) is 28.8. The van der Waals surface area contributed by atoms with Gasteiger partial charge in [-0.25, -0.2) is 18.6 Å². The molecule has 0 aliphatic rings. The van der Waals surface area contributed by atoms with Crippen LogP contribution in [0.5, 0.6) is 17.2 Å². The third kappa shape index (κ3) is 7.28. The number of ether oxygens (including phenoxy) is 3. The fourth-order valence-corrected chi connectivity index (χ4v) is 5.16. The van der Waals surface area contributed by atoms with Gasteiger partial charge in [0.1, 0.15) is 23.8 Å². The maximum atomic E-state index is 13.6.